The zero-order chi connectivity index (χ0) is 75.3. The maximum Gasteiger partial charge on any atom is 0.472 e. The van der Waals surface area contributed by atoms with Crippen molar-refractivity contribution < 1.29 is 80.2 Å². The van der Waals surface area contributed by atoms with Crippen molar-refractivity contribution in [2.24, 2.45) is 23.7 Å². The fourth-order valence-corrected chi connectivity index (χ4v) is 14.4. The van der Waals surface area contributed by atoms with E-state index in [2.05, 4.69) is 55.4 Å². The van der Waals surface area contributed by atoms with Crippen LogP contribution >= 0.6 is 15.6 Å². The van der Waals surface area contributed by atoms with Gasteiger partial charge in [0.25, 0.3) is 0 Å². The lowest BCUT2D eigenvalue weighted by Crippen LogP contribution is -2.30. The van der Waals surface area contributed by atoms with Crippen LogP contribution in [0, 0.1) is 23.7 Å². The second kappa shape index (κ2) is 72.0. The van der Waals surface area contributed by atoms with E-state index < -0.39 is 97.5 Å². The Bertz CT molecular complexity index is 1990. The van der Waals surface area contributed by atoms with Crippen molar-refractivity contribution in [2.75, 3.05) is 39.6 Å². The van der Waals surface area contributed by atoms with E-state index in [1.54, 1.807) is 0 Å². The maximum atomic E-state index is 13.1. The fourth-order valence-electron chi connectivity index (χ4n) is 12.8. The molecule has 0 aliphatic heterocycles. The molecule has 0 rings (SSSR count). The summed E-state index contributed by atoms with van der Waals surface area (Å²) in [7, 11) is -9.92. The molecule has 17 nitrogen and oxygen atoms in total. The Labute approximate surface area is 626 Å². The molecule has 0 amide bonds. The van der Waals surface area contributed by atoms with Gasteiger partial charge in [-0.25, -0.2) is 9.13 Å². The van der Waals surface area contributed by atoms with E-state index >= 15 is 0 Å². The standard InChI is InChI=1S/C83H162O17P2/c1-73(2)59-51-43-35-29-23-18-14-11-9-10-12-16-21-27-33-39-49-57-65-82(87)99-78(69-93-80(85)63-55-47-38-32-26-20-17-13-15-19-24-30-36-44-52-60-74(3)4)71-97-101(89,90)95-67-77(84)68-96-102(91,92)98-72-79(70-94-81(86)64-56-48-42-41-46-54-62-76(7)8)100-83(88)66-58-50-40-34-28-22-25-31-37-45-53-61-75(5)6/h73-79,84H,9-72H2,1-8H3,(H,89,90)(H,91,92)/t77-,78-,79-/m1/s1. The van der Waals surface area contributed by atoms with Gasteiger partial charge in [0.15, 0.2) is 12.2 Å². The van der Waals surface area contributed by atoms with Crippen LogP contribution in [0.25, 0.3) is 0 Å². The number of phosphoric ester groups is 2. The van der Waals surface area contributed by atoms with Crippen LogP contribution in [0.3, 0.4) is 0 Å². The monoisotopic (exact) mass is 1490 g/mol. The molecule has 5 atom stereocenters. The summed E-state index contributed by atoms with van der Waals surface area (Å²) in [6.45, 7) is 14.2. The number of carbonyl (C=O) groups is 4. The molecule has 102 heavy (non-hydrogen) atoms. The van der Waals surface area contributed by atoms with Crippen LogP contribution in [0.4, 0.5) is 0 Å². The number of phosphoric acid groups is 2. The summed E-state index contributed by atoms with van der Waals surface area (Å²) < 4.78 is 68.7. The predicted octanol–water partition coefficient (Wildman–Crippen LogP) is 24.8. The van der Waals surface area contributed by atoms with Crippen molar-refractivity contribution in [1.29, 1.82) is 0 Å². The highest BCUT2D eigenvalue weighted by molar-refractivity contribution is 7.47. The molecular weight excluding hydrogens is 1330 g/mol. The average molecular weight is 1490 g/mol. The minimum Gasteiger partial charge on any atom is -0.462 e. The lowest BCUT2D eigenvalue weighted by Gasteiger charge is -2.21. The third-order valence-corrected chi connectivity index (χ3v) is 21.2. The number of aliphatic hydroxyl groups is 1. The van der Waals surface area contributed by atoms with Crippen molar-refractivity contribution >= 4 is 39.5 Å². The topological polar surface area (TPSA) is 237 Å². The van der Waals surface area contributed by atoms with Gasteiger partial charge in [0.1, 0.15) is 19.3 Å². The molecule has 606 valence electrons. The Hall–Kier alpha value is -1.94. The van der Waals surface area contributed by atoms with Crippen LogP contribution in [0.2, 0.25) is 0 Å². The largest absolute Gasteiger partial charge is 0.472 e. The predicted molar refractivity (Wildman–Crippen MR) is 418 cm³/mol. The Morgan fingerprint density at radius 1 is 0.245 bits per heavy atom. The van der Waals surface area contributed by atoms with E-state index in [1.165, 1.54) is 225 Å². The first-order chi connectivity index (χ1) is 49.1. The van der Waals surface area contributed by atoms with Crippen molar-refractivity contribution in [1.82, 2.24) is 0 Å². The Balaban J connectivity index is 5.21. The van der Waals surface area contributed by atoms with Gasteiger partial charge in [-0.3, -0.25) is 37.3 Å². The first kappa shape index (κ1) is 100. The van der Waals surface area contributed by atoms with Gasteiger partial charge in [0.2, 0.25) is 0 Å². The van der Waals surface area contributed by atoms with Gasteiger partial charge in [0, 0.05) is 25.7 Å². The number of hydrogen-bond acceptors (Lipinski definition) is 15. The molecule has 0 aromatic heterocycles. The number of rotatable bonds is 80. The van der Waals surface area contributed by atoms with E-state index in [9.17, 15) is 43.2 Å². The van der Waals surface area contributed by atoms with Crippen LogP contribution in [0.5, 0.6) is 0 Å². The van der Waals surface area contributed by atoms with E-state index in [4.69, 9.17) is 37.0 Å². The smallest absolute Gasteiger partial charge is 0.462 e. The SMILES string of the molecule is CC(C)CCCCCCCCCCCCCCCCCCCCC(=O)O[C@H](COC(=O)CCCCCCCCCCCCCCCCCC(C)C)COP(=O)(O)OC[C@@H](O)COP(=O)(O)OC[C@@H](COC(=O)CCCCCCCCC(C)C)OC(=O)CCCCCCCCCCCCCC(C)C. The maximum absolute atomic E-state index is 13.1. The molecule has 0 radical (unpaired) electrons. The van der Waals surface area contributed by atoms with Gasteiger partial charge < -0.3 is 33.8 Å². The molecule has 19 heteroatoms. The highest BCUT2D eigenvalue weighted by Crippen LogP contribution is 2.45. The first-order valence-electron chi connectivity index (χ1n) is 42.7. The molecule has 0 fully saturated rings. The number of hydrogen-bond donors (Lipinski definition) is 3. The summed E-state index contributed by atoms with van der Waals surface area (Å²) in [6, 6.07) is 0. The average Bonchev–Trinajstić information content (AvgIpc) is 0.919. The van der Waals surface area contributed by atoms with Crippen molar-refractivity contribution in [3.05, 3.63) is 0 Å². The van der Waals surface area contributed by atoms with Gasteiger partial charge >= 0.3 is 39.5 Å². The minimum atomic E-state index is -4.96. The number of ether oxygens (including phenoxy) is 4. The summed E-state index contributed by atoms with van der Waals surface area (Å²) in [5.74, 6) is 0.958. The third kappa shape index (κ3) is 76.3. The zero-order valence-electron chi connectivity index (χ0n) is 67.2. The molecule has 2 unspecified atom stereocenters. The highest BCUT2D eigenvalue weighted by atomic mass is 31.2. The highest BCUT2D eigenvalue weighted by Gasteiger charge is 2.30. The van der Waals surface area contributed by atoms with Crippen molar-refractivity contribution in [2.45, 2.75) is 446 Å². The second-order valence-electron chi connectivity index (χ2n) is 31.8. The van der Waals surface area contributed by atoms with Crippen LogP contribution in [-0.4, -0.2) is 96.7 Å². The zero-order valence-corrected chi connectivity index (χ0v) is 69.0. The quantitative estimate of drug-likeness (QED) is 0.0222. The number of esters is 4. The molecule has 0 spiro atoms. The lowest BCUT2D eigenvalue weighted by molar-refractivity contribution is -0.161. The molecule has 0 aliphatic carbocycles. The summed E-state index contributed by atoms with van der Waals surface area (Å²) >= 11 is 0. The second-order valence-corrected chi connectivity index (χ2v) is 34.7. The van der Waals surface area contributed by atoms with E-state index in [0.29, 0.717) is 31.6 Å². The van der Waals surface area contributed by atoms with Gasteiger partial charge in [0.05, 0.1) is 26.4 Å². The molecule has 0 aromatic rings. The van der Waals surface area contributed by atoms with Crippen molar-refractivity contribution in [3.8, 4) is 0 Å². The molecule has 0 saturated heterocycles. The van der Waals surface area contributed by atoms with E-state index in [-0.39, 0.29) is 25.7 Å². The first-order valence-corrected chi connectivity index (χ1v) is 45.7. The van der Waals surface area contributed by atoms with E-state index in [0.717, 1.165) is 114 Å². The van der Waals surface area contributed by atoms with Crippen LogP contribution < -0.4 is 0 Å². The lowest BCUT2D eigenvalue weighted by atomic mass is 10.0. The van der Waals surface area contributed by atoms with Crippen LogP contribution in [0.15, 0.2) is 0 Å². The summed E-state index contributed by atoms with van der Waals surface area (Å²) in [5, 5.41) is 10.6. The Kier molecular flexibility index (Phi) is 70.6. The molecule has 0 heterocycles. The molecule has 0 aromatic carbocycles. The van der Waals surface area contributed by atoms with Crippen LogP contribution in [-0.2, 0) is 65.4 Å². The van der Waals surface area contributed by atoms with E-state index in [1.807, 2.05) is 0 Å². The van der Waals surface area contributed by atoms with Gasteiger partial charge in [-0.1, -0.05) is 376 Å². The minimum absolute atomic E-state index is 0.105. The third-order valence-electron chi connectivity index (χ3n) is 19.3. The summed E-state index contributed by atoms with van der Waals surface area (Å²) in [4.78, 5) is 73.0. The molecule has 0 saturated carbocycles. The van der Waals surface area contributed by atoms with Crippen molar-refractivity contribution in [3.63, 3.8) is 0 Å². The van der Waals surface area contributed by atoms with Gasteiger partial charge in [-0.05, 0) is 49.4 Å². The van der Waals surface area contributed by atoms with Gasteiger partial charge in [-0.15, -0.1) is 0 Å². The number of unbranched alkanes of at least 4 members (excludes halogenated alkanes) is 46. The molecule has 3 N–H and O–H groups in total. The molecular formula is C83H162O17P2. The molecule has 0 aliphatic rings. The Morgan fingerprint density at radius 3 is 0.608 bits per heavy atom. The summed E-state index contributed by atoms with van der Waals surface area (Å²) in [6.07, 6.45) is 59.9. The van der Waals surface area contributed by atoms with Crippen LogP contribution in [0.1, 0.15) is 428 Å². The number of aliphatic hydroxyl groups excluding tert-OH is 1. The fraction of sp³-hybridized carbons (Fsp3) is 0.952. The van der Waals surface area contributed by atoms with Gasteiger partial charge in [-0.2, -0.15) is 0 Å². The summed E-state index contributed by atoms with van der Waals surface area (Å²) in [5.41, 5.74) is 0. The number of carbonyl (C=O) groups excluding carboxylic acids is 4. The molecule has 0 bridgehead atoms. The Morgan fingerprint density at radius 2 is 0.412 bits per heavy atom. The normalized spacial score (nSPS) is 14.0.